The number of nitrogens with two attached hydrogens (primary N) is 1. The minimum Gasteiger partial charge on any atom is -0.464 e. The number of nitrogens with zero attached hydrogens (tertiary/aromatic N) is 1. The fourth-order valence-corrected chi connectivity index (χ4v) is 2.35. The molecular formula is C14H24N2O4. The quantitative estimate of drug-likeness (QED) is 0.523. The molecule has 0 aromatic rings. The smallest absolute Gasteiger partial charge is 0.306 e. The van der Waals surface area contributed by atoms with Gasteiger partial charge in [-0.3, -0.25) is 19.3 Å². The molecule has 1 rings (SSSR count). The van der Waals surface area contributed by atoms with Crippen molar-refractivity contribution in [3.05, 3.63) is 0 Å². The molecule has 0 bridgehead atoms. The second-order valence-corrected chi connectivity index (χ2v) is 5.59. The molecule has 0 aromatic heterocycles. The first-order valence-corrected chi connectivity index (χ1v) is 7.13. The van der Waals surface area contributed by atoms with Crippen molar-refractivity contribution in [3.8, 4) is 0 Å². The third-order valence-electron chi connectivity index (χ3n) is 3.33. The van der Waals surface area contributed by atoms with E-state index < -0.39 is 0 Å². The second-order valence-electron chi connectivity index (χ2n) is 5.59. The molecule has 0 aromatic carbocycles. The predicted molar refractivity (Wildman–Crippen MR) is 73.5 cm³/mol. The lowest BCUT2D eigenvalue weighted by molar-refractivity contribution is -0.148. The summed E-state index contributed by atoms with van der Waals surface area (Å²) in [5.74, 6) is -0.0923. The van der Waals surface area contributed by atoms with Gasteiger partial charge in [-0.05, 0) is 24.8 Å². The lowest BCUT2D eigenvalue weighted by Gasteiger charge is -2.17. The lowest BCUT2D eigenvalue weighted by atomic mass is 9.94. The summed E-state index contributed by atoms with van der Waals surface area (Å²) in [6.07, 6.45) is 1.69. The number of hydrogen-bond donors (Lipinski definition) is 1. The van der Waals surface area contributed by atoms with E-state index in [1.807, 2.05) is 0 Å². The lowest BCUT2D eigenvalue weighted by Crippen LogP contribution is -2.33. The number of amides is 2. The molecule has 6 nitrogen and oxygen atoms in total. The summed E-state index contributed by atoms with van der Waals surface area (Å²) < 4.78 is 5.07. The maximum absolute atomic E-state index is 11.7. The molecule has 1 heterocycles. The van der Waals surface area contributed by atoms with Crippen molar-refractivity contribution >= 4 is 17.8 Å². The van der Waals surface area contributed by atoms with Crippen molar-refractivity contribution in [1.29, 1.82) is 0 Å². The van der Waals surface area contributed by atoms with Crippen LogP contribution in [-0.4, -0.2) is 42.4 Å². The Morgan fingerprint density at radius 2 is 1.90 bits per heavy atom. The average Bonchev–Trinajstić information content (AvgIpc) is 2.69. The molecule has 0 unspecified atom stereocenters. The largest absolute Gasteiger partial charge is 0.464 e. The molecule has 1 fully saturated rings. The monoisotopic (exact) mass is 284 g/mol. The summed E-state index contributed by atoms with van der Waals surface area (Å²) in [7, 11) is 0. The minimum atomic E-state index is -0.319. The Morgan fingerprint density at radius 3 is 2.40 bits per heavy atom. The number of likely N-dealkylation sites (tertiary alicyclic amines) is 1. The maximum Gasteiger partial charge on any atom is 0.306 e. The van der Waals surface area contributed by atoms with Gasteiger partial charge in [0.2, 0.25) is 11.8 Å². The molecule has 1 atom stereocenters. The Bertz CT molecular complexity index is 352. The summed E-state index contributed by atoms with van der Waals surface area (Å²) in [4.78, 5) is 35.5. The number of imide groups is 1. The van der Waals surface area contributed by atoms with Gasteiger partial charge in [-0.25, -0.2) is 0 Å². The highest BCUT2D eigenvalue weighted by Crippen LogP contribution is 2.15. The molecule has 1 aliphatic heterocycles. The van der Waals surface area contributed by atoms with Crippen LogP contribution in [-0.2, 0) is 19.1 Å². The van der Waals surface area contributed by atoms with Crippen LogP contribution in [0.1, 0.15) is 39.5 Å². The van der Waals surface area contributed by atoms with Crippen LogP contribution in [0.15, 0.2) is 0 Å². The normalized spacial score (nSPS) is 16.9. The van der Waals surface area contributed by atoms with E-state index in [1.54, 1.807) is 0 Å². The summed E-state index contributed by atoms with van der Waals surface area (Å²) in [5.41, 5.74) is 5.63. The van der Waals surface area contributed by atoms with Crippen molar-refractivity contribution < 1.29 is 19.1 Å². The van der Waals surface area contributed by atoms with Gasteiger partial charge in [0, 0.05) is 19.3 Å². The van der Waals surface area contributed by atoms with Crippen molar-refractivity contribution in [2.75, 3.05) is 19.7 Å². The van der Waals surface area contributed by atoms with Crippen LogP contribution in [0.25, 0.3) is 0 Å². The van der Waals surface area contributed by atoms with E-state index in [4.69, 9.17) is 10.5 Å². The number of esters is 1. The number of carbonyl (C=O) groups excluding carboxylic acids is 3. The number of carbonyl (C=O) groups is 3. The zero-order valence-corrected chi connectivity index (χ0v) is 12.3. The Balaban J connectivity index is 2.25. The number of hydrogen-bond acceptors (Lipinski definition) is 5. The Morgan fingerprint density at radius 1 is 1.30 bits per heavy atom. The fourth-order valence-electron chi connectivity index (χ4n) is 2.35. The highest BCUT2D eigenvalue weighted by Gasteiger charge is 2.28. The SMILES string of the molecule is CC(C)C[C@H](CN)CC(=O)OCCN1C(=O)CCC1=O. The van der Waals surface area contributed by atoms with Gasteiger partial charge in [0.25, 0.3) is 0 Å². The Labute approximate surface area is 119 Å². The molecule has 20 heavy (non-hydrogen) atoms. The van der Waals surface area contributed by atoms with Gasteiger partial charge in [-0.15, -0.1) is 0 Å². The van der Waals surface area contributed by atoms with E-state index in [0.717, 1.165) is 11.3 Å². The molecule has 1 saturated heterocycles. The summed E-state index contributed by atoms with van der Waals surface area (Å²) in [6, 6.07) is 0. The fraction of sp³-hybridized carbons (Fsp3) is 0.786. The van der Waals surface area contributed by atoms with Crippen molar-refractivity contribution in [1.82, 2.24) is 4.90 Å². The molecular weight excluding hydrogens is 260 g/mol. The highest BCUT2D eigenvalue weighted by molar-refractivity contribution is 6.01. The highest BCUT2D eigenvalue weighted by atomic mass is 16.5. The van der Waals surface area contributed by atoms with E-state index >= 15 is 0 Å². The zero-order valence-electron chi connectivity index (χ0n) is 12.3. The van der Waals surface area contributed by atoms with Gasteiger partial charge in [-0.2, -0.15) is 0 Å². The summed E-state index contributed by atoms with van der Waals surface area (Å²) in [6.45, 7) is 4.84. The predicted octanol–water partition coefficient (Wildman–Crippen LogP) is 0.690. The number of rotatable bonds is 8. The van der Waals surface area contributed by atoms with Crippen LogP contribution in [0.2, 0.25) is 0 Å². The van der Waals surface area contributed by atoms with E-state index in [2.05, 4.69) is 13.8 Å². The van der Waals surface area contributed by atoms with Crippen LogP contribution in [0.3, 0.4) is 0 Å². The third-order valence-corrected chi connectivity index (χ3v) is 3.33. The van der Waals surface area contributed by atoms with Crippen molar-refractivity contribution in [2.45, 2.75) is 39.5 Å². The first-order valence-electron chi connectivity index (χ1n) is 7.13. The first-order chi connectivity index (χ1) is 9.43. The Kier molecular flexibility index (Phi) is 6.64. The van der Waals surface area contributed by atoms with Crippen LogP contribution < -0.4 is 5.73 Å². The molecule has 2 amide bonds. The van der Waals surface area contributed by atoms with Crippen LogP contribution in [0, 0.1) is 11.8 Å². The van der Waals surface area contributed by atoms with E-state index in [9.17, 15) is 14.4 Å². The van der Waals surface area contributed by atoms with Crippen LogP contribution in [0.4, 0.5) is 0 Å². The van der Waals surface area contributed by atoms with Crippen molar-refractivity contribution in [3.63, 3.8) is 0 Å². The topological polar surface area (TPSA) is 89.7 Å². The van der Waals surface area contributed by atoms with Gasteiger partial charge >= 0.3 is 5.97 Å². The standard InChI is InChI=1S/C14H24N2O4/c1-10(2)7-11(9-15)8-14(19)20-6-5-16-12(17)3-4-13(16)18/h10-11H,3-9,15H2,1-2H3/t11-/m0/s1. The molecule has 0 aliphatic carbocycles. The van der Waals surface area contributed by atoms with Gasteiger partial charge in [-0.1, -0.05) is 13.8 Å². The maximum atomic E-state index is 11.7. The average molecular weight is 284 g/mol. The van der Waals surface area contributed by atoms with Gasteiger partial charge in [0.15, 0.2) is 0 Å². The summed E-state index contributed by atoms with van der Waals surface area (Å²) >= 11 is 0. The molecule has 6 heteroatoms. The molecule has 1 aliphatic rings. The zero-order chi connectivity index (χ0) is 15.1. The molecule has 0 spiro atoms. The molecule has 0 saturated carbocycles. The third kappa shape index (κ3) is 5.28. The van der Waals surface area contributed by atoms with E-state index in [-0.39, 0.29) is 56.1 Å². The van der Waals surface area contributed by atoms with E-state index in [0.29, 0.717) is 12.5 Å². The molecule has 0 radical (unpaired) electrons. The minimum absolute atomic E-state index is 0.0648. The Hall–Kier alpha value is -1.43. The van der Waals surface area contributed by atoms with Gasteiger partial charge < -0.3 is 10.5 Å². The molecule has 114 valence electrons. The van der Waals surface area contributed by atoms with Gasteiger partial charge in [0.1, 0.15) is 6.61 Å². The number of ether oxygens (including phenoxy) is 1. The van der Waals surface area contributed by atoms with Crippen LogP contribution >= 0.6 is 0 Å². The van der Waals surface area contributed by atoms with Crippen LogP contribution in [0.5, 0.6) is 0 Å². The van der Waals surface area contributed by atoms with Crippen molar-refractivity contribution in [2.24, 2.45) is 17.6 Å². The molecule has 2 N–H and O–H groups in total. The summed E-state index contributed by atoms with van der Waals surface area (Å²) in [5, 5.41) is 0. The van der Waals surface area contributed by atoms with Gasteiger partial charge in [0.05, 0.1) is 6.54 Å². The first kappa shape index (κ1) is 16.6. The van der Waals surface area contributed by atoms with E-state index in [1.165, 1.54) is 0 Å². The second kappa shape index (κ2) is 7.99.